The lowest BCUT2D eigenvalue weighted by atomic mass is 9.96. The minimum absolute atomic E-state index is 0.212. The molecule has 0 radical (unpaired) electrons. The zero-order valence-electron chi connectivity index (χ0n) is 11.2. The average Bonchev–Trinajstić information content (AvgIpc) is 2.76. The van der Waals surface area contributed by atoms with Gasteiger partial charge in [-0.3, -0.25) is 0 Å². The van der Waals surface area contributed by atoms with Gasteiger partial charge in [-0.2, -0.15) is 0 Å². The maximum atomic E-state index is 12.0. The summed E-state index contributed by atoms with van der Waals surface area (Å²) in [5, 5.41) is 3.30. The fourth-order valence-electron chi connectivity index (χ4n) is 2.10. The van der Waals surface area contributed by atoms with Gasteiger partial charge in [-0.05, 0) is 40.2 Å². The zero-order valence-corrected chi connectivity index (χ0v) is 11.2. The van der Waals surface area contributed by atoms with E-state index >= 15 is 0 Å². The minimum atomic E-state index is -0.516. The Morgan fingerprint density at radius 3 is 2.94 bits per heavy atom. The maximum Gasteiger partial charge on any atom is 0.361 e. The smallest absolute Gasteiger partial charge is 0.361 e. The number of hydrogen-bond donors (Lipinski definition) is 1. The number of piperidine rings is 1. The van der Waals surface area contributed by atoms with E-state index in [9.17, 15) is 4.79 Å². The molecule has 1 aliphatic rings. The first-order valence-electron chi connectivity index (χ1n) is 6.35. The Kier molecular flexibility index (Phi) is 3.71. The van der Waals surface area contributed by atoms with E-state index in [4.69, 9.17) is 9.15 Å². The van der Waals surface area contributed by atoms with E-state index in [1.54, 1.807) is 0 Å². The fraction of sp³-hybridized carbons (Fsp3) is 0.692. The van der Waals surface area contributed by atoms with Gasteiger partial charge in [0.2, 0.25) is 0 Å². The second kappa shape index (κ2) is 5.10. The van der Waals surface area contributed by atoms with E-state index in [0.717, 1.165) is 25.9 Å². The van der Waals surface area contributed by atoms with E-state index in [0.29, 0.717) is 11.5 Å². The highest BCUT2D eigenvalue weighted by Crippen LogP contribution is 2.27. The normalized spacial score (nSPS) is 20.7. The molecule has 1 fully saturated rings. The lowest BCUT2D eigenvalue weighted by Crippen LogP contribution is -2.30. The molecule has 0 spiro atoms. The van der Waals surface area contributed by atoms with E-state index < -0.39 is 11.6 Å². The van der Waals surface area contributed by atoms with Gasteiger partial charge >= 0.3 is 5.97 Å². The topological polar surface area (TPSA) is 64.4 Å². The third-order valence-corrected chi connectivity index (χ3v) is 2.85. The van der Waals surface area contributed by atoms with Gasteiger partial charge < -0.3 is 14.5 Å². The Morgan fingerprint density at radius 2 is 2.33 bits per heavy atom. The molecule has 0 amide bonds. The Morgan fingerprint density at radius 1 is 1.56 bits per heavy atom. The molecule has 0 bridgehead atoms. The summed E-state index contributed by atoms with van der Waals surface area (Å²) in [5.41, 5.74) is -0.198. The highest BCUT2D eigenvalue weighted by molar-refractivity contribution is 5.88. The number of nitrogens with one attached hydrogen (secondary N) is 1. The highest BCUT2D eigenvalue weighted by Gasteiger charge is 2.28. The van der Waals surface area contributed by atoms with E-state index in [1.165, 1.54) is 6.39 Å². The van der Waals surface area contributed by atoms with Crippen molar-refractivity contribution in [2.75, 3.05) is 13.1 Å². The molecule has 0 aromatic carbocycles. The van der Waals surface area contributed by atoms with Crippen LogP contribution in [0.25, 0.3) is 0 Å². The van der Waals surface area contributed by atoms with Crippen LogP contribution in [0.15, 0.2) is 10.8 Å². The van der Waals surface area contributed by atoms with Crippen molar-refractivity contribution in [3.63, 3.8) is 0 Å². The van der Waals surface area contributed by atoms with Crippen molar-refractivity contribution in [1.29, 1.82) is 0 Å². The summed E-state index contributed by atoms with van der Waals surface area (Å²) in [6.45, 7) is 7.36. The lowest BCUT2D eigenvalue weighted by Gasteiger charge is -2.22. The van der Waals surface area contributed by atoms with E-state index in [1.807, 2.05) is 20.8 Å². The van der Waals surface area contributed by atoms with Gasteiger partial charge in [0.15, 0.2) is 12.1 Å². The molecule has 1 unspecified atom stereocenters. The molecule has 0 aliphatic carbocycles. The summed E-state index contributed by atoms with van der Waals surface area (Å²) < 4.78 is 10.7. The largest absolute Gasteiger partial charge is 0.455 e. The van der Waals surface area contributed by atoms with Crippen molar-refractivity contribution >= 4 is 5.97 Å². The number of carbonyl (C=O) groups is 1. The van der Waals surface area contributed by atoms with Crippen LogP contribution in [0.5, 0.6) is 0 Å². The standard InChI is InChI=1S/C13H20N2O3/c1-13(2,3)18-12(16)10-11(17-8-15-10)9-5-4-6-14-7-9/h8-9,14H,4-7H2,1-3H3. The first-order valence-corrected chi connectivity index (χ1v) is 6.35. The highest BCUT2D eigenvalue weighted by atomic mass is 16.6. The summed E-state index contributed by atoms with van der Waals surface area (Å²) >= 11 is 0. The second-order valence-electron chi connectivity index (χ2n) is 5.61. The predicted octanol–water partition coefficient (Wildman–Crippen LogP) is 2.10. The molecule has 5 heteroatoms. The van der Waals surface area contributed by atoms with Crippen molar-refractivity contribution in [2.45, 2.75) is 45.1 Å². The molecule has 100 valence electrons. The molecule has 0 saturated carbocycles. The Balaban J connectivity index is 2.14. The SMILES string of the molecule is CC(C)(C)OC(=O)c1ncoc1C1CCCNC1. The van der Waals surface area contributed by atoms with Crippen LogP contribution in [0, 0.1) is 0 Å². The number of hydrogen-bond acceptors (Lipinski definition) is 5. The number of oxazole rings is 1. The molecule has 2 heterocycles. The van der Waals surface area contributed by atoms with Gasteiger partial charge in [0, 0.05) is 12.5 Å². The zero-order chi connectivity index (χ0) is 13.2. The summed E-state index contributed by atoms with van der Waals surface area (Å²) in [4.78, 5) is 16.0. The van der Waals surface area contributed by atoms with E-state index in [2.05, 4.69) is 10.3 Å². The van der Waals surface area contributed by atoms with Crippen molar-refractivity contribution in [3.8, 4) is 0 Å². The van der Waals surface area contributed by atoms with Crippen LogP contribution in [0.3, 0.4) is 0 Å². The molecule has 1 aromatic rings. The second-order valence-corrected chi connectivity index (χ2v) is 5.61. The van der Waals surface area contributed by atoms with Crippen LogP contribution >= 0.6 is 0 Å². The number of nitrogens with zero attached hydrogens (tertiary/aromatic N) is 1. The van der Waals surface area contributed by atoms with Crippen molar-refractivity contribution in [3.05, 3.63) is 17.8 Å². The Hall–Kier alpha value is -1.36. The number of carbonyl (C=O) groups excluding carboxylic acids is 1. The van der Waals surface area contributed by atoms with Gasteiger partial charge in [0.1, 0.15) is 11.4 Å². The fourth-order valence-corrected chi connectivity index (χ4v) is 2.10. The Bertz CT molecular complexity index is 414. The molecular weight excluding hydrogens is 232 g/mol. The first kappa shape index (κ1) is 13.1. The van der Waals surface area contributed by atoms with Gasteiger partial charge in [-0.15, -0.1) is 0 Å². The molecule has 1 saturated heterocycles. The predicted molar refractivity (Wildman–Crippen MR) is 66.5 cm³/mol. The number of ether oxygens (including phenoxy) is 1. The minimum Gasteiger partial charge on any atom is -0.455 e. The molecule has 1 N–H and O–H groups in total. The summed E-state index contributed by atoms with van der Waals surface area (Å²) in [5.74, 6) is 0.456. The molecule has 1 aliphatic heterocycles. The summed E-state index contributed by atoms with van der Waals surface area (Å²) in [6, 6.07) is 0. The summed E-state index contributed by atoms with van der Waals surface area (Å²) in [6.07, 6.45) is 3.42. The molecular formula is C13H20N2O3. The molecule has 5 nitrogen and oxygen atoms in total. The lowest BCUT2D eigenvalue weighted by molar-refractivity contribution is 0.00603. The third-order valence-electron chi connectivity index (χ3n) is 2.85. The maximum absolute atomic E-state index is 12.0. The van der Waals surface area contributed by atoms with Gasteiger partial charge in [-0.1, -0.05) is 0 Å². The van der Waals surface area contributed by atoms with Crippen LogP contribution in [0.2, 0.25) is 0 Å². The summed E-state index contributed by atoms with van der Waals surface area (Å²) in [7, 11) is 0. The van der Waals surface area contributed by atoms with Crippen LogP contribution < -0.4 is 5.32 Å². The van der Waals surface area contributed by atoms with Crippen molar-refractivity contribution < 1.29 is 13.9 Å². The monoisotopic (exact) mass is 252 g/mol. The number of rotatable bonds is 2. The number of esters is 1. The average molecular weight is 252 g/mol. The van der Waals surface area contributed by atoms with Gasteiger partial charge in [-0.25, -0.2) is 9.78 Å². The van der Waals surface area contributed by atoms with Crippen LogP contribution in [-0.4, -0.2) is 29.6 Å². The first-order chi connectivity index (χ1) is 8.47. The third kappa shape index (κ3) is 3.10. The van der Waals surface area contributed by atoms with E-state index in [-0.39, 0.29) is 5.92 Å². The molecule has 1 aromatic heterocycles. The number of aromatic nitrogens is 1. The Labute approximate surface area is 107 Å². The molecule has 18 heavy (non-hydrogen) atoms. The van der Waals surface area contributed by atoms with Crippen molar-refractivity contribution in [1.82, 2.24) is 10.3 Å². The molecule has 2 rings (SSSR count). The van der Waals surface area contributed by atoms with Crippen molar-refractivity contribution in [2.24, 2.45) is 0 Å². The van der Waals surface area contributed by atoms with Gasteiger partial charge in [0.25, 0.3) is 0 Å². The van der Waals surface area contributed by atoms with Crippen LogP contribution in [0.1, 0.15) is 55.8 Å². The molecule has 1 atom stereocenters. The van der Waals surface area contributed by atoms with Gasteiger partial charge in [0.05, 0.1) is 0 Å². The quantitative estimate of drug-likeness (QED) is 0.816. The van der Waals surface area contributed by atoms with Crippen LogP contribution in [0.4, 0.5) is 0 Å². The van der Waals surface area contributed by atoms with Crippen LogP contribution in [-0.2, 0) is 4.74 Å².